The average Bonchev–Trinajstić information content (AvgIpc) is 2.95. The monoisotopic (exact) mass is 377 g/mol. The van der Waals surface area contributed by atoms with E-state index in [1.807, 2.05) is 19.1 Å². The first-order valence-electron chi connectivity index (χ1n) is 8.93. The van der Waals surface area contributed by atoms with Crippen molar-refractivity contribution in [2.24, 2.45) is 0 Å². The molecule has 0 aliphatic carbocycles. The molecule has 4 rings (SSSR count). The van der Waals surface area contributed by atoms with Gasteiger partial charge in [-0.1, -0.05) is 35.9 Å². The molecule has 136 valence electrons. The van der Waals surface area contributed by atoms with Crippen LogP contribution in [-0.2, 0) is 6.54 Å². The lowest BCUT2D eigenvalue weighted by molar-refractivity contribution is 0.0952. The molecule has 0 saturated carbocycles. The highest BCUT2D eigenvalue weighted by Gasteiger charge is 2.14. The van der Waals surface area contributed by atoms with Crippen LogP contribution in [-0.4, -0.2) is 22.0 Å². The molecule has 5 heteroatoms. The number of carbonyl (C=O) groups excluding carboxylic acids is 1. The fourth-order valence-corrected chi connectivity index (χ4v) is 3.81. The van der Waals surface area contributed by atoms with Gasteiger partial charge in [0.25, 0.3) is 5.91 Å². The van der Waals surface area contributed by atoms with Gasteiger partial charge >= 0.3 is 0 Å². The lowest BCUT2D eigenvalue weighted by Crippen LogP contribution is -2.27. The molecule has 4 nitrogen and oxygen atoms in total. The fraction of sp³-hybridized carbons (Fsp3) is 0.182. The van der Waals surface area contributed by atoms with Gasteiger partial charge in [0.2, 0.25) is 0 Å². The summed E-state index contributed by atoms with van der Waals surface area (Å²) in [7, 11) is 0. The second kappa shape index (κ2) is 7.05. The van der Waals surface area contributed by atoms with Gasteiger partial charge in [0, 0.05) is 40.1 Å². The maximum atomic E-state index is 12.4. The van der Waals surface area contributed by atoms with Crippen LogP contribution in [0.15, 0.2) is 54.6 Å². The standard InChI is InChI=1S/C22H20ClN3O/c1-14-12-15(2)25-21-20(14)18-8-3-4-9-19(18)26(21)11-10-24-22(27)16-6-5-7-17(23)13-16/h3-9,12-13H,10-11H2,1-2H3,(H,24,27). The number of hydrogen-bond donors (Lipinski definition) is 1. The SMILES string of the molecule is Cc1cc(C)c2c3ccccc3n(CCNC(=O)c3cccc(Cl)c3)c2n1. The molecule has 0 saturated heterocycles. The van der Waals surface area contributed by atoms with Gasteiger partial charge in [-0.2, -0.15) is 0 Å². The molecule has 0 fully saturated rings. The second-order valence-corrected chi connectivity index (χ2v) is 7.15. The van der Waals surface area contributed by atoms with Crippen molar-refractivity contribution in [3.8, 4) is 0 Å². The zero-order chi connectivity index (χ0) is 19.0. The smallest absolute Gasteiger partial charge is 0.251 e. The lowest BCUT2D eigenvalue weighted by atomic mass is 10.1. The van der Waals surface area contributed by atoms with Gasteiger partial charge in [-0.05, 0) is 49.7 Å². The van der Waals surface area contributed by atoms with Crippen molar-refractivity contribution in [2.75, 3.05) is 6.54 Å². The number of pyridine rings is 1. The van der Waals surface area contributed by atoms with Crippen molar-refractivity contribution in [3.05, 3.63) is 76.4 Å². The van der Waals surface area contributed by atoms with Gasteiger partial charge in [0.05, 0.1) is 5.52 Å². The predicted molar refractivity (Wildman–Crippen MR) is 110 cm³/mol. The van der Waals surface area contributed by atoms with E-state index in [0.29, 0.717) is 23.7 Å². The van der Waals surface area contributed by atoms with Gasteiger partial charge in [-0.25, -0.2) is 4.98 Å². The number of para-hydroxylation sites is 1. The Labute approximate surface area is 162 Å². The number of fused-ring (bicyclic) bond motifs is 3. The Kier molecular flexibility index (Phi) is 4.58. The summed E-state index contributed by atoms with van der Waals surface area (Å²) in [6, 6.07) is 17.4. The number of hydrogen-bond acceptors (Lipinski definition) is 2. The summed E-state index contributed by atoms with van der Waals surface area (Å²) in [5, 5.41) is 5.90. The number of nitrogens with one attached hydrogen (secondary N) is 1. The molecule has 0 aliphatic heterocycles. The molecule has 2 heterocycles. The first-order valence-corrected chi connectivity index (χ1v) is 9.31. The van der Waals surface area contributed by atoms with Crippen molar-refractivity contribution in [1.82, 2.24) is 14.9 Å². The maximum Gasteiger partial charge on any atom is 0.251 e. The van der Waals surface area contributed by atoms with E-state index < -0.39 is 0 Å². The minimum absolute atomic E-state index is 0.126. The highest BCUT2D eigenvalue weighted by Crippen LogP contribution is 2.30. The molecule has 27 heavy (non-hydrogen) atoms. The molecule has 0 unspecified atom stereocenters. The number of nitrogens with zero attached hydrogens (tertiary/aromatic N) is 2. The average molecular weight is 378 g/mol. The van der Waals surface area contributed by atoms with Gasteiger partial charge in [0.15, 0.2) is 0 Å². The highest BCUT2D eigenvalue weighted by molar-refractivity contribution is 6.30. The lowest BCUT2D eigenvalue weighted by Gasteiger charge is -2.09. The number of carbonyl (C=O) groups is 1. The van der Waals surface area contributed by atoms with Crippen LogP contribution in [0.5, 0.6) is 0 Å². The molecule has 0 aliphatic rings. The molecule has 1 N–H and O–H groups in total. The van der Waals surface area contributed by atoms with E-state index in [4.69, 9.17) is 16.6 Å². The summed E-state index contributed by atoms with van der Waals surface area (Å²) in [5.41, 5.74) is 4.87. The van der Waals surface area contributed by atoms with E-state index >= 15 is 0 Å². The molecular formula is C22H20ClN3O. The topological polar surface area (TPSA) is 46.9 Å². The quantitative estimate of drug-likeness (QED) is 0.550. The molecule has 1 amide bonds. The number of halogens is 1. The summed E-state index contributed by atoms with van der Waals surface area (Å²) in [4.78, 5) is 17.1. The zero-order valence-electron chi connectivity index (χ0n) is 15.3. The molecule has 0 spiro atoms. The van der Waals surface area contributed by atoms with E-state index in [2.05, 4.69) is 35.0 Å². The van der Waals surface area contributed by atoms with Crippen molar-refractivity contribution >= 4 is 39.4 Å². The summed E-state index contributed by atoms with van der Waals surface area (Å²) in [6.07, 6.45) is 0. The zero-order valence-corrected chi connectivity index (χ0v) is 16.0. The van der Waals surface area contributed by atoms with Crippen LogP contribution in [0.2, 0.25) is 5.02 Å². The Hall–Kier alpha value is -2.85. The summed E-state index contributed by atoms with van der Waals surface area (Å²) in [5.74, 6) is -0.126. The minimum Gasteiger partial charge on any atom is -0.350 e. The summed E-state index contributed by atoms with van der Waals surface area (Å²) in [6.45, 7) is 5.28. The van der Waals surface area contributed by atoms with Crippen LogP contribution in [0, 0.1) is 13.8 Å². The third-order valence-corrected chi connectivity index (χ3v) is 4.99. The third kappa shape index (κ3) is 3.28. The molecule has 0 radical (unpaired) electrons. The largest absolute Gasteiger partial charge is 0.350 e. The Morgan fingerprint density at radius 2 is 1.93 bits per heavy atom. The number of aryl methyl sites for hydroxylation is 2. The first-order chi connectivity index (χ1) is 13.0. The first kappa shape index (κ1) is 17.6. The van der Waals surface area contributed by atoms with Gasteiger partial charge in [-0.3, -0.25) is 4.79 Å². The normalized spacial score (nSPS) is 11.2. The Bertz CT molecular complexity index is 1160. The summed E-state index contributed by atoms with van der Waals surface area (Å²) < 4.78 is 2.18. The summed E-state index contributed by atoms with van der Waals surface area (Å²) >= 11 is 5.97. The number of rotatable bonds is 4. The van der Waals surface area contributed by atoms with Crippen molar-refractivity contribution in [2.45, 2.75) is 20.4 Å². The van der Waals surface area contributed by atoms with E-state index in [9.17, 15) is 4.79 Å². The fourth-order valence-electron chi connectivity index (χ4n) is 3.62. The van der Waals surface area contributed by atoms with Gasteiger partial charge < -0.3 is 9.88 Å². The maximum absolute atomic E-state index is 12.4. The number of benzene rings is 2. The van der Waals surface area contributed by atoms with Gasteiger partial charge in [0.1, 0.15) is 5.65 Å². The predicted octanol–water partition coefficient (Wildman–Crippen LogP) is 4.89. The Balaban J connectivity index is 1.64. The minimum atomic E-state index is -0.126. The van der Waals surface area contributed by atoms with E-state index in [0.717, 1.165) is 16.9 Å². The Morgan fingerprint density at radius 3 is 2.74 bits per heavy atom. The molecule has 2 aromatic heterocycles. The third-order valence-electron chi connectivity index (χ3n) is 4.75. The van der Waals surface area contributed by atoms with E-state index in [-0.39, 0.29) is 5.91 Å². The Morgan fingerprint density at radius 1 is 1.11 bits per heavy atom. The van der Waals surface area contributed by atoms with Crippen LogP contribution in [0.25, 0.3) is 21.9 Å². The van der Waals surface area contributed by atoms with Crippen LogP contribution >= 0.6 is 11.6 Å². The van der Waals surface area contributed by atoms with E-state index in [1.54, 1.807) is 24.3 Å². The molecule has 2 aromatic carbocycles. The highest BCUT2D eigenvalue weighted by atomic mass is 35.5. The number of aromatic nitrogens is 2. The molecule has 4 aromatic rings. The number of amides is 1. The van der Waals surface area contributed by atoms with Crippen molar-refractivity contribution in [1.29, 1.82) is 0 Å². The van der Waals surface area contributed by atoms with E-state index in [1.165, 1.54) is 16.3 Å². The van der Waals surface area contributed by atoms with Crippen LogP contribution < -0.4 is 5.32 Å². The van der Waals surface area contributed by atoms with Crippen molar-refractivity contribution < 1.29 is 4.79 Å². The van der Waals surface area contributed by atoms with Crippen LogP contribution in [0.3, 0.4) is 0 Å². The second-order valence-electron chi connectivity index (χ2n) is 6.71. The molecule has 0 atom stereocenters. The van der Waals surface area contributed by atoms with Crippen LogP contribution in [0.4, 0.5) is 0 Å². The van der Waals surface area contributed by atoms with Gasteiger partial charge in [-0.15, -0.1) is 0 Å². The molecule has 0 bridgehead atoms. The van der Waals surface area contributed by atoms with Crippen molar-refractivity contribution in [3.63, 3.8) is 0 Å². The van der Waals surface area contributed by atoms with Crippen LogP contribution in [0.1, 0.15) is 21.6 Å². The molecular weight excluding hydrogens is 358 g/mol.